The molecule has 0 fully saturated rings. The van der Waals surface area contributed by atoms with Crippen LogP contribution in [0.2, 0.25) is 18.6 Å². The van der Waals surface area contributed by atoms with Gasteiger partial charge < -0.3 is 4.12 Å². The van der Waals surface area contributed by atoms with Gasteiger partial charge in [0.05, 0.1) is 0 Å². The lowest BCUT2D eigenvalue weighted by molar-refractivity contribution is 0.612. The van der Waals surface area contributed by atoms with Gasteiger partial charge in [0.15, 0.2) is 9.04 Å². The smallest absolute Gasteiger partial charge is 0.162 e. The highest BCUT2D eigenvalue weighted by Crippen LogP contribution is 1.97. The van der Waals surface area contributed by atoms with Crippen LogP contribution in [-0.2, 0) is 4.12 Å². The SMILES string of the molecule is CC[SiH](CC)O[SiH2]C. The third-order valence-corrected chi connectivity index (χ3v) is 6.35. The Morgan fingerprint density at radius 2 is 1.88 bits per heavy atom. The summed E-state index contributed by atoms with van der Waals surface area (Å²) in [7, 11) is -0.724. The number of rotatable bonds is 4. The summed E-state index contributed by atoms with van der Waals surface area (Å²) < 4.78 is 5.62. The Labute approximate surface area is 56.1 Å². The predicted molar refractivity (Wildman–Crippen MR) is 43.6 cm³/mol. The van der Waals surface area contributed by atoms with Crippen molar-refractivity contribution < 1.29 is 4.12 Å². The molecule has 0 bridgehead atoms. The summed E-state index contributed by atoms with van der Waals surface area (Å²) in [6.07, 6.45) is 0. The highest BCUT2D eigenvalue weighted by Gasteiger charge is 2.01. The first kappa shape index (κ1) is 8.39. The standard InChI is InChI=1S/C5H16OSi2/c1-4-8(5-2)6-7-3/h8H,4-5,7H2,1-3H3. The molecule has 0 aliphatic heterocycles. The van der Waals surface area contributed by atoms with Crippen LogP contribution in [-0.4, -0.2) is 18.8 Å². The molecule has 0 aromatic heterocycles. The highest BCUT2D eigenvalue weighted by atomic mass is 28.3. The van der Waals surface area contributed by atoms with Crippen molar-refractivity contribution in [2.24, 2.45) is 0 Å². The minimum atomic E-state index is -0.630. The maximum absolute atomic E-state index is 5.62. The molecule has 50 valence electrons. The molecule has 0 rings (SSSR count). The van der Waals surface area contributed by atoms with Gasteiger partial charge in [0.1, 0.15) is 9.76 Å². The van der Waals surface area contributed by atoms with Crippen LogP contribution in [0.1, 0.15) is 13.8 Å². The van der Waals surface area contributed by atoms with Crippen molar-refractivity contribution in [1.82, 2.24) is 0 Å². The fraction of sp³-hybridized carbons (Fsp3) is 1.00. The zero-order valence-electron chi connectivity index (χ0n) is 6.11. The minimum absolute atomic E-state index is 0.0937. The van der Waals surface area contributed by atoms with Crippen LogP contribution in [0.5, 0.6) is 0 Å². The summed E-state index contributed by atoms with van der Waals surface area (Å²) in [4.78, 5) is 0. The Kier molecular flexibility index (Phi) is 5.80. The minimum Gasteiger partial charge on any atom is -0.463 e. The Bertz CT molecular complexity index is 45.7. The average Bonchev–Trinajstić information content (AvgIpc) is 1.83. The molecule has 0 atom stereocenters. The van der Waals surface area contributed by atoms with Crippen LogP contribution in [0, 0.1) is 0 Å². The molecule has 0 saturated heterocycles. The first-order chi connectivity index (χ1) is 3.85. The highest BCUT2D eigenvalue weighted by molar-refractivity contribution is 6.58. The van der Waals surface area contributed by atoms with Crippen LogP contribution in [0.3, 0.4) is 0 Å². The first-order valence-corrected chi connectivity index (χ1v) is 7.56. The van der Waals surface area contributed by atoms with E-state index in [1.807, 2.05) is 0 Å². The van der Waals surface area contributed by atoms with Crippen molar-refractivity contribution in [2.75, 3.05) is 0 Å². The van der Waals surface area contributed by atoms with E-state index in [0.717, 1.165) is 0 Å². The number of hydrogen-bond acceptors (Lipinski definition) is 1. The lowest BCUT2D eigenvalue weighted by Gasteiger charge is -2.08. The third-order valence-electron chi connectivity index (χ3n) is 1.31. The van der Waals surface area contributed by atoms with Crippen molar-refractivity contribution in [1.29, 1.82) is 0 Å². The van der Waals surface area contributed by atoms with E-state index in [-0.39, 0.29) is 9.76 Å². The van der Waals surface area contributed by atoms with E-state index >= 15 is 0 Å². The van der Waals surface area contributed by atoms with E-state index in [1.165, 1.54) is 12.1 Å². The monoisotopic (exact) mass is 148 g/mol. The Morgan fingerprint density at radius 1 is 1.38 bits per heavy atom. The van der Waals surface area contributed by atoms with Crippen LogP contribution in [0.15, 0.2) is 0 Å². The normalized spacial score (nSPS) is 12.0. The van der Waals surface area contributed by atoms with Gasteiger partial charge in [0.25, 0.3) is 0 Å². The lowest BCUT2D eigenvalue weighted by Crippen LogP contribution is -2.15. The van der Waals surface area contributed by atoms with E-state index in [1.54, 1.807) is 0 Å². The van der Waals surface area contributed by atoms with E-state index in [0.29, 0.717) is 0 Å². The summed E-state index contributed by atoms with van der Waals surface area (Å²) in [5.41, 5.74) is 0. The molecule has 0 aliphatic carbocycles. The van der Waals surface area contributed by atoms with Crippen LogP contribution < -0.4 is 0 Å². The van der Waals surface area contributed by atoms with E-state index in [4.69, 9.17) is 4.12 Å². The second kappa shape index (κ2) is 5.53. The fourth-order valence-corrected chi connectivity index (χ4v) is 5.11. The maximum Gasteiger partial charge on any atom is 0.162 e. The molecule has 0 saturated carbocycles. The van der Waals surface area contributed by atoms with Crippen LogP contribution in [0.4, 0.5) is 0 Å². The quantitative estimate of drug-likeness (QED) is 0.538. The molecule has 8 heavy (non-hydrogen) atoms. The van der Waals surface area contributed by atoms with E-state index in [9.17, 15) is 0 Å². The average molecular weight is 148 g/mol. The molecule has 1 nitrogen and oxygen atoms in total. The summed E-state index contributed by atoms with van der Waals surface area (Å²) in [6, 6.07) is 2.63. The lowest BCUT2D eigenvalue weighted by atomic mass is 11.0. The molecule has 0 amide bonds. The van der Waals surface area contributed by atoms with Gasteiger partial charge in [-0.15, -0.1) is 0 Å². The second-order valence-electron chi connectivity index (χ2n) is 1.89. The van der Waals surface area contributed by atoms with Crippen LogP contribution >= 0.6 is 0 Å². The largest absolute Gasteiger partial charge is 0.463 e. The number of hydrogen-bond donors (Lipinski definition) is 0. The van der Waals surface area contributed by atoms with Gasteiger partial charge in [-0.2, -0.15) is 0 Å². The van der Waals surface area contributed by atoms with Crippen molar-refractivity contribution in [3.63, 3.8) is 0 Å². The summed E-state index contributed by atoms with van der Waals surface area (Å²) in [5, 5.41) is 0. The molecular formula is C5H16OSi2. The zero-order chi connectivity index (χ0) is 6.41. The molecule has 0 aromatic rings. The summed E-state index contributed by atoms with van der Waals surface area (Å²) in [6.45, 7) is 6.69. The Balaban J connectivity index is 3.07. The molecule has 0 radical (unpaired) electrons. The molecule has 0 spiro atoms. The molecular weight excluding hydrogens is 132 g/mol. The molecule has 0 aliphatic rings. The van der Waals surface area contributed by atoms with Crippen molar-refractivity contribution in [3.8, 4) is 0 Å². The maximum atomic E-state index is 5.62. The molecule has 0 unspecified atom stereocenters. The Hall–Kier alpha value is 0.394. The molecule has 3 heteroatoms. The second-order valence-corrected chi connectivity index (χ2v) is 6.68. The third kappa shape index (κ3) is 3.40. The first-order valence-electron chi connectivity index (χ1n) is 3.46. The zero-order valence-corrected chi connectivity index (χ0v) is 8.68. The molecule has 0 heterocycles. The van der Waals surface area contributed by atoms with Crippen LogP contribution in [0.25, 0.3) is 0 Å². The van der Waals surface area contributed by atoms with E-state index < -0.39 is 9.04 Å². The van der Waals surface area contributed by atoms with E-state index in [2.05, 4.69) is 20.4 Å². The van der Waals surface area contributed by atoms with Gasteiger partial charge in [0.2, 0.25) is 0 Å². The van der Waals surface area contributed by atoms with Gasteiger partial charge in [-0.1, -0.05) is 20.4 Å². The van der Waals surface area contributed by atoms with Gasteiger partial charge in [0, 0.05) is 0 Å². The topological polar surface area (TPSA) is 9.23 Å². The Morgan fingerprint density at radius 3 is 2.00 bits per heavy atom. The fourth-order valence-electron chi connectivity index (χ4n) is 0.760. The van der Waals surface area contributed by atoms with Gasteiger partial charge in [-0.25, -0.2) is 0 Å². The summed E-state index contributed by atoms with van der Waals surface area (Å²) >= 11 is 0. The van der Waals surface area contributed by atoms with Crippen molar-refractivity contribution in [2.45, 2.75) is 32.5 Å². The van der Waals surface area contributed by atoms with Gasteiger partial charge >= 0.3 is 0 Å². The van der Waals surface area contributed by atoms with Gasteiger partial charge in [-0.05, 0) is 12.1 Å². The molecule has 0 N–H and O–H groups in total. The van der Waals surface area contributed by atoms with Gasteiger partial charge in [-0.3, -0.25) is 0 Å². The predicted octanol–water partition coefficient (Wildman–Crippen LogP) is 0.898. The van der Waals surface area contributed by atoms with Crippen molar-refractivity contribution in [3.05, 3.63) is 0 Å². The summed E-state index contributed by atoms with van der Waals surface area (Å²) in [5.74, 6) is 0. The molecule has 0 aromatic carbocycles. The van der Waals surface area contributed by atoms with Crippen molar-refractivity contribution >= 4 is 18.8 Å².